The zero-order chi connectivity index (χ0) is 14.2. The van der Waals surface area contributed by atoms with E-state index in [-0.39, 0.29) is 0 Å². The SMILES string of the molecule is NCC1CCCCN1c1ncc2c(n1)-c1ccccc1C2. The number of nitrogens with zero attached hydrogens (tertiary/aromatic N) is 3. The van der Waals surface area contributed by atoms with Gasteiger partial charge in [0.25, 0.3) is 0 Å². The lowest BCUT2D eigenvalue weighted by atomic mass is 10.0. The molecule has 4 rings (SSSR count). The Morgan fingerprint density at radius 1 is 1.19 bits per heavy atom. The lowest BCUT2D eigenvalue weighted by Gasteiger charge is -2.35. The van der Waals surface area contributed by atoms with Gasteiger partial charge >= 0.3 is 0 Å². The number of piperidine rings is 1. The van der Waals surface area contributed by atoms with Crippen LogP contribution in [0.3, 0.4) is 0 Å². The summed E-state index contributed by atoms with van der Waals surface area (Å²) in [7, 11) is 0. The molecule has 4 nitrogen and oxygen atoms in total. The Morgan fingerprint density at radius 3 is 3.00 bits per heavy atom. The molecular weight excluding hydrogens is 260 g/mol. The third-order valence-corrected chi connectivity index (χ3v) is 4.66. The minimum atomic E-state index is 0.383. The van der Waals surface area contributed by atoms with E-state index in [0.29, 0.717) is 12.6 Å². The predicted molar refractivity (Wildman–Crippen MR) is 84.3 cm³/mol. The first-order chi connectivity index (χ1) is 10.4. The molecule has 2 aromatic rings. The van der Waals surface area contributed by atoms with Crippen molar-refractivity contribution in [2.24, 2.45) is 5.73 Å². The molecule has 1 aromatic carbocycles. The van der Waals surface area contributed by atoms with Crippen molar-refractivity contribution in [1.29, 1.82) is 0 Å². The summed E-state index contributed by atoms with van der Waals surface area (Å²) >= 11 is 0. The minimum Gasteiger partial charge on any atom is -0.337 e. The molecule has 1 atom stereocenters. The van der Waals surface area contributed by atoms with Gasteiger partial charge in [-0.2, -0.15) is 0 Å². The molecule has 0 amide bonds. The third kappa shape index (κ3) is 2.10. The molecule has 1 fully saturated rings. The van der Waals surface area contributed by atoms with E-state index in [2.05, 4.69) is 34.1 Å². The highest BCUT2D eigenvalue weighted by Gasteiger charge is 2.26. The van der Waals surface area contributed by atoms with Crippen LogP contribution >= 0.6 is 0 Å². The molecule has 2 aliphatic rings. The summed E-state index contributed by atoms with van der Waals surface area (Å²) < 4.78 is 0. The van der Waals surface area contributed by atoms with E-state index in [9.17, 15) is 0 Å². The Hall–Kier alpha value is -1.94. The highest BCUT2D eigenvalue weighted by Crippen LogP contribution is 2.35. The topological polar surface area (TPSA) is 55.0 Å². The number of nitrogens with two attached hydrogens (primary N) is 1. The van der Waals surface area contributed by atoms with Gasteiger partial charge in [0.2, 0.25) is 5.95 Å². The standard InChI is InChI=1S/C17H20N4/c18-10-14-6-3-4-8-21(14)17-19-11-13-9-12-5-1-2-7-15(12)16(13)20-17/h1-2,5,7,11,14H,3-4,6,8-10,18H2. The van der Waals surface area contributed by atoms with Crippen molar-refractivity contribution in [1.82, 2.24) is 9.97 Å². The molecule has 1 aliphatic heterocycles. The van der Waals surface area contributed by atoms with E-state index < -0.39 is 0 Å². The average molecular weight is 280 g/mol. The largest absolute Gasteiger partial charge is 0.337 e. The van der Waals surface area contributed by atoms with Crippen molar-refractivity contribution >= 4 is 5.95 Å². The van der Waals surface area contributed by atoms with E-state index in [1.807, 2.05) is 6.20 Å². The van der Waals surface area contributed by atoms with Crippen LogP contribution in [0, 0.1) is 0 Å². The summed E-state index contributed by atoms with van der Waals surface area (Å²) in [5.41, 5.74) is 10.9. The second-order valence-corrected chi connectivity index (χ2v) is 5.96. The van der Waals surface area contributed by atoms with E-state index in [4.69, 9.17) is 10.7 Å². The maximum atomic E-state index is 5.92. The number of aromatic nitrogens is 2. The number of anilines is 1. The molecule has 0 saturated carbocycles. The van der Waals surface area contributed by atoms with Gasteiger partial charge < -0.3 is 10.6 Å². The van der Waals surface area contributed by atoms with E-state index in [1.165, 1.54) is 29.5 Å². The lowest BCUT2D eigenvalue weighted by molar-refractivity contribution is 0.458. The number of hydrogen-bond donors (Lipinski definition) is 1. The van der Waals surface area contributed by atoms with E-state index >= 15 is 0 Å². The van der Waals surface area contributed by atoms with Gasteiger partial charge in [0.15, 0.2) is 0 Å². The van der Waals surface area contributed by atoms with Crippen molar-refractivity contribution in [3.05, 3.63) is 41.6 Å². The van der Waals surface area contributed by atoms with Crippen LogP contribution in [-0.2, 0) is 6.42 Å². The Labute approximate surface area is 125 Å². The second kappa shape index (κ2) is 5.11. The molecule has 1 aliphatic carbocycles. The smallest absolute Gasteiger partial charge is 0.226 e. The maximum Gasteiger partial charge on any atom is 0.226 e. The highest BCUT2D eigenvalue weighted by atomic mass is 15.3. The van der Waals surface area contributed by atoms with Crippen LogP contribution < -0.4 is 10.6 Å². The molecule has 21 heavy (non-hydrogen) atoms. The van der Waals surface area contributed by atoms with Crippen LogP contribution in [-0.4, -0.2) is 29.1 Å². The van der Waals surface area contributed by atoms with Gasteiger partial charge in [0, 0.05) is 42.9 Å². The molecule has 1 saturated heterocycles. The summed E-state index contributed by atoms with van der Waals surface area (Å²) in [4.78, 5) is 11.8. The van der Waals surface area contributed by atoms with Gasteiger partial charge in [-0.05, 0) is 24.8 Å². The molecule has 4 heteroatoms. The average Bonchev–Trinajstić information content (AvgIpc) is 2.92. The summed E-state index contributed by atoms with van der Waals surface area (Å²) in [5, 5.41) is 0. The summed E-state index contributed by atoms with van der Waals surface area (Å²) in [6.45, 7) is 1.69. The van der Waals surface area contributed by atoms with Gasteiger partial charge in [-0.3, -0.25) is 0 Å². The fourth-order valence-electron chi connectivity index (χ4n) is 3.52. The summed E-state index contributed by atoms with van der Waals surface area (Å²) in [6.07, 6.45) is 6.55. The minimum absolute atomic E-state index is 0.383. The number of hydrogen-bond acceptors (Lipinski definition) is 4. The Morgan fingerprint density at radius 2 is 2.10 bits per heavy atom. The Balaban J connectivity index is 1.74. The van der Waals surface area contributed by atoms with Gasteiger partial charge in [-0.25, -0.2) is 9.97 Å². The first-order valence-corrected chi connectivity index (χ1v) is 7.77. The first-order valence-electron chi connectivity index (χ1n) is 7.77. The fraction of sp³-hybridized carbons (Fsp3) is 0.412. The summed E-state index contributed by atoms with van der Waals surface area (Å²) in [6, 6.07) is 8.90. The molecule has 1 unspecified atom stereocenters. The second-order valence-electron chi connectivity index (χ2n) is 5.96. The first kappa shape index (κ1) is 12.8. The van der Waals surface area contributed by atoms with E-state index in [1.54, 1.807) is 0 Å². The van der Waals surface area contributed by atoms with Crippen LogP contribution in [0.2, 0.25) is 0 Å². The molecule has 0 bridgehead atoms. The molecule has 108 valence electrons. The summed E-state index contributed by atoms with van der Waals surface area (Å²) in [5.74, 6) is 0.848. The molecular formula is C17H20N4. The zero-order valence-electron chi connectivity index (χ0n) is 12.1. The Bertz CT molecular complexity index is 668. The maximum absolute atomic E-state index is 5.92. The van der Waals surface area contributed by atoms with Crippen molar-refractivity contribution in [2.45, 2.75) is 31.7 Å². The van der Waals surface area contributed by atoms with Crippen molar-refractivity contribution < 1.29 is 0 Å². The third-order valence-electron chi connectivity index (χ3n) is 4.66. The normalized spacial score (nSPS) is 20.2. The molecule has 0 radical (unpaired) electrons. The quantitative estimate of drug-likeness (QED) is 0.783. The number of fused-ring (bicyclic) bond motifs is 3. The number of rotatable bonds is 2. The van der Waals surface area contributed by atoms with Gasteiger partial charge in [0.05, 0.1) is 5.69 Å². The van der Waals surface area contributed by atoms with Crippen LogP contribution in [0.25, 0.3) is 11.3 Å². The van der Waals surface area contributed by atoms with E-state index in [0.717, 1.165) is 31.0 Å². The van der Waals surface area contributed by atoms with Gasteiger partial charge in [0.1, 0.15) is 0 Å². The Kier molecular flexibility index (Phi) is 3.11. The van der Waals surface area contributed by atoms with Crippen LogP contribution in [0.5, 0.6) is 0 Å². The van der Waals surface area contributed by atoms with Crippen LogP contribution in [0.4, 0.5) is 5.95 Å². The van der Waals surface area contributed by atoms with Crippen molar-refractivity contribution in [3.63, 3.8) is 0 Å². The monoisotopic (exact) mass is 280 g/mol. The highest BCUT2D eigenvalue weighted by molar-refractivity contribution is 5.73. The fourth-order valence-corrected chi connectivity index (χ4v) is 3.52. The number of benzene rings is 1. The molecule has 1 aromatic heterocycles. The molecule has 2 heterocycles. The molecule has 2 N–H and O–H groups in total. The predicted octanol–water partition coefficient (Wildman–Crippen LogP) is 2.37. The van der Waals surface area contributed by atoms with Crippen LogP contribution in [0.15, 0.2) is 30.5 Å². The van der Waals surface area contributed by atoms with Crippen molar-refractivity contribution in [2.75, 3.05) is 18.0 Å². The zero-order valence-corrected chi connectivity index (χ0v) is 12.1. The van der Waals surface area contributed by atoms with Crippen molar-refractivity contribution in [3.8, 4) is 11.3 Å². The molecule has 0 spiro atoms. The van der Waals surface area contributed by atoms with Gasteiger partial charge in [-0.1, -0.05) is 24.3 Å². The van der Waals surface area contributed by atoms with Crippen LogP contribution in [0.1, 0.15) is 30.4 Å². The lowest BCUT2D eigenvalue weighted by Crippen LogP contribution is -2.45. The van der Waals surface area contributed by atoms with Gasteiger partial charge in [-0.15, -0.1) is 0 Å².